The minimum atomic E-state index is -1.42. The Balaban J connectivity index is 1.76. The Kier molecular flexibility index (Phi) is 9.67. The van der Waals surface area contributed by atoms with Crippen LogP contribution in [0.4, 0.5) is 5.69 Å². The van der Waals surface area contributed by atoms with E-state index in [9.17, 15) is 23.9 Å². The number of benzene rings is 1. The van der Waals surface area contributed by atoms with E-state index in [1.54, 1.807) is 6.92 Å². The number of esters is 1. The second-order valence-electron chi connectivity index (χ2n) is 8.80. The molecule has 0 aromatic heterocycles. The molecule has 192 valence electrons. The van der Waals surface area contributed by atoms with Crippen molar-refractivity contribution in [3.05, 3.63) is 49.9 Å². The van der Waals surface area contributed by atoms with E-state index >= 15 is 0 Å². The van der Waals surface area contributed by atoms with Gasteiger partial charge in [0.2, 0.25) is 5.91 Å². The van der Waals surface area contributed by atoms with Gasteiger partial charge in [0.25, 0.3) is 5.69 Å². The molecule has 1 unspecified atom stereocenters. The summed E-state index contributed by atoms with van der Waals surface area (Å²) in [5.74, 6) is -0.774. The molecule has 0 saturated carbocycles. The second-order valence-corrected chi connectivity index (χ2v) is 14.3. The molecule has 0 bridgehead atoms. The first kappa shape index (κ1) is 27.6. The fraction of sp³-hybridized carbons (Fsp3) is 0.565. The molecule has 2 aliphatic rings. The van der Waals surface area contributed by atoms with Gasteiger partial charge in [-0.05, 0) is 43.1 Å². The minimum absolute atomic E-state index is 0.0536. The molecule has 1 aromatic rings. The van der Waals surface area contributed by atoms with Gasteiger partial charge in [-0.2, -0.15) is 0 Å². The van der Waals surface area contributed by atoms with E-state index in [2.05, 4.69) is 20.0 Å². The van der Waals surface area contributed by atoms with Crippen LogP contribution in [0.25, 0.3) is 0 Å². The highest BCUT2D eigenvalue weighted by atomic mass is 32.2. The smallest absolute Gasteiger partial charge is 0.357 e. The maximum atomic E-state index is 13.3. The zero-order chi connectivity index (χ0) is 25.7. The molecule has 1 amide bonds. The first-order valence-electron chi connectivity index (χ1n) is 11.8. The number of β-lactam (4-membered cyclic amide) rings is 1. The van der Waals surface area contributed by atoms with Crippen LogP contribution >= 0.6 is 11.8 Å². The number of hydrogen-bond donors (Lipinski definition) is 0. The maximum Gasteiger partial charge on any atom is 0.357 e. The topological polar surface area (TPSA) is 116 Å². The average Bonchev–Trinajstić information content (AvgIpc) is 3.19. The molecule has 0 radical (unpaired) electrons. The summed E-state index contributed by atoms with van der Waals surface area (Å²) in [6.07, 6.45) is 2.87. The molecule has 1 aromatic carbocycles. The van der Waals surface area contributed by atoms with Crippen LogP contribution in [-0.2, 0) is 36.2 Å². The van der Waals surface area contributed by atoms with E-state index in [0.717, 1.165) is 19.3 Å². The van der Waals surface area contributed by atoms with Crippen LogP contribution in [0.3, 0.4) is 0 Å². The number of thioether (sulfide) groups is 1. The van der Waals surface area contributed by atoms with Crippen molar-refractivity contribution in [2.45, 2.75) is 58.2 Å². The van der Waals surface area contributed by atoms with Crippen LogP contribution in [0.2, 0.25) is 13.1 Å². The summed E-state index contributed by atoms with van der Waals surface area (Å²) < 4.78 is 24.6. The maximum absolute atomic E-state index is 13.3. The minimum Gasteiger partial charge on any atom is -0.456 e. The van der Waals surface area contributed by atoms with Crippen molar-refractivity contribution in [1.82, 2.24) is 4.90 Å². The van der Waals surface area contributed by atoms with E-state index in [1.165, 1.54) is 40.9 Å². The molecule has 2 heterocycles. The molecule has 12 heteroatoms. The van der Waals surface area contributed by atoms with Gasteiger partial charge in [-0.15, -0.1) is 0 Å². The summed E-state index contributed by atoms with van der Waals surface area (Å²) in [7, 11) is -2.67. The zero-order valence-corrected chi connectivity index (χ0v) is 23.2. The number of carbonyl (C=O) groups excluding carboxylic acids is 2. The van der Waals surface area contributed by atoms with Gasteiger partial charge in [0.1, 0.15) is 16.2 Å². The van der Waals surface area contributed by atoms with Gasteiger partial charge in [-0.1, -0.05) is 38.5 Å². The van der Waals surface area contributed by atoms with E-state index in [-0.39, 0.29) is 41.1 Å². The van der Waals surface area contributed by atoms with Crippen LogP contribution < -0.4 is 0 Å². The van der Waals surface area contributed by atoms with Crippen LogP contribution in [0, 0.1) is 22.0 Å². The molecule has 1 fully saturated rings. The number of ether oxygens (including phenoxy) is 1. The highest BCUT2D eigenvalue weighted by Gasteiger charge is 2.59. The molecule has 1 saturated heterocycles. The third kappa shape index (κ3) is 6.22. The predicted octanol–water partition coefficient (Wildman–Crippen LogP) is 3.91. The summed E-state index contributed by atoms with van der Waals surface area (Å²) in [5, 5.41) is 10.5. The van der Waals surface area contributed by atoms with Crippen molar-refractivity contribution >= 4 is 49.2 Å². The van der Waals surface area contributed by atoms with Gasteiger partial charge in [0, 0.05) is 24.5 Å². The largest absolute Gasteiger partial charge is 0.456 e. The lowest BCUT2D eigenvalue weighted by Crippen LogP contribution is -2.60. The number of unbranched alkanes of at least 4 members (excludes halogenated alkanes) is 1. The Morgan fingerprint density at radius 2 is 1.97 bits per heavy atom. The van der Waals surface area contributed by atoms with Crippen molar-refractivity contribution in [1.29, 1.82) is 0 Å². The summed E-state index contributed by atoms with van der Waals surface area (Å²) in [5.41, 5.74) is 0.585. The molecule has 0 spiro atoms. The van der Waals surface area contributed by atoms with Gasteiger partial charge in [0.05, 0.1) is 21.6 Å². The summed E-state index contributed by atoms with van der Waals surface area (Å²) >= 11 is 1.33. The molecule has 9 nitrogen and oxygen atoms in total. The summed E-state index contributed by atoms with van der Waals surface area (Å²) in [4.78, 5) is 38.2. The lowest BCUT2D eigenvalue weighted by atomic mass is 9.81. The van der Waals surface area contributed by atoms with E-state index in [0.29, 0.717) is 22.2 Å². The number of hydrogen-bond acceptors (Lipinski definition) is 8. The number of carbonyl (C=O) groups is 2. The molecule has 3 rings (SSSR count). The number of amides is 1. The first-order valence-corrected chi connectivity index (χ1v) is 16.8. The van der Waals surface area contributed by atoms with E-state index < -0.39 is 30.7 Å². The van der Waals surface area contributed by atoms with Gasteiger partial charge in [-0.3, -0.25) is 24.0 Å². The molecule has 0 N–H and O–H groups in total. The van der Waals surface area contributed by atoms with Crippen LogP contribution in [0.15, 0.2) is 34.2 Å². The molecule has 2 aliphatic heterocycles. The van der Waals surface area contributed by atoms with Gasteiger partial charge in [0.15, 0.2) is 14.7 Å². The highest BCUT2D eigenvalue weighted by molar-refractivity contribution is 8.17. The summed E-state index contributed by atoms with van der Waals surface area (Å²) in [6.45, 7) is 8.48. The Morgan fingerprint density at radius 3 is 2.54 bits per heavy atom. The Hall–Kier alpha value is -2.02. The Labute approximate surface area is 213 Å². The van der Waals surface area contributed by atoms with Crippen molar-refractivity contribution in [2.24, 2.45) is 11.8 Å². The summed E-state index contributed by atoms with van der Waals surface area (Å²) in [6, 6.07) is 5.70. The van der Waals surface area contributed by atoms with Crippen molar-refractivity contribution < 1.29 is 27.9 Å². The Morgan fingerprint density at radius 1 is 1.29 bits per heavy atom. The zero-order valence-electron chi connectivity index (χ0n) is 20.4. The number of nitrogens with zero attached hydrogens (tertiary/aromatic N) is 2. The van der Waals surface area contributed by atoms with Crippen LogP contribution in [0.5, 0.6) is 0 Å². The van der Waals surface area contributed by atoms with Gasteiger partial charge in [-0.25, -0.2) is 4.79 Å². The molecular weight excluding hydrogens is 508 g/mol. The molecule has 35 heavy (non-hydrogen) atoms. The lowest BCUT2D eigenvalue weighted by Gasteiger charge is -2.46. The SMILES string of the molecule is CCCC[C@@H](CO[SiH](C)C)[C@H]1C(=O)N2C(C(=O)OCc3ccc([N+](=O)[O-])cc3)=C(S(=O)CC)S[C@H]12. The first-order chi connectivity index (χ1) is 16.7. The Bertz CT molecular complexity index is 1020. The molecule has 0 aliphatic carbocycles. The molecular formula is C23H32N2O7S2Si. The van der Waals surface area contributed by atoms with Crippen molar-refractivity contribution in [3.63, 3.8) is 0 Å². The van der Waals surface area contributed by atoms with Crippen molar-refractivity contribution in [2.75, 3.05) is 12.4 Å². The third-order valence-corrected chi connectivity index (χ3v) is 10.00. The number of fused-ring (bicyclic) bond motifs is 1. The fourth-order valence-corrected chi connectivity index (χ4v) is 7.79. The number of nitro benzene ring substituents is 1. The van der Waals surface area contributed by atoms with Crippen molar-refractivity contribution in [3.8, 4) is 0 Å². The molecule has 4 atom stereocenters. The monoisotopic (exact) mass is 540 g/mol. The van der Waals surface area contributed by atoms with Crippen LogP contribution in [0.1, 0.15) is 38.7 Å². The fourth-order valence-electron chi connectivity index (χ4n) is 4.10. The van der Waals surface area contributed by atoms with Gasteiger partial charge < -0.3 is 9.16 Å². The van der Waals surface area contributed by atoms with E-state index in [1.807, 2.05) is 0 Å². The van der Waals surface area contributed by atoms with Crippen LogP contribution in [-0.4, -0.2) is 52.7 Å². The number of nitro groups is 1. The highest BCUT2D eigenvalue weighted by Crippen LogP contribution is 2.53. The second kappa shape index (κ2) is 12.3. The standard InChI is InChI=1S/C23H32N2O7S2Si/c1-5-7-8-16(14-32-35(3)4)18-20(26)24-19(23(33-21(18)24)34(30)6-2)22(27)31-13-15-9-11-17(12-10-15)25(28)29/h9-12,16,18,21,35H,5-8,13-14H2,1-4H3/t16-,18-,21+,34?/m0/s1. The quantitative estimate of drug-likeness (QED) is 0.122. The van der Waals surface area contributed by atoms with E-state index in [4.69, 9.17) is 9.16 Å². The normalized spacial score (nSPS) is 21.1. The van der Waals surface area contributed by atoms with Gasteiger partial charge >= 0.3 is 5.97 Å². The number of rotatable bonds is 13. The lowest BCUT2D eigenvalue weighted by molar-refractivity contribution is -0.384. The third-order valence-electron chi connectivity index (χ3n) is 6.01. The average molecular weight is 541 g/mol. The number of non-ortho nitro benzene ring substituents is 1. The predicted molar refractivity (Wildman–Crippen MR) is 138 cm³/mol.